The van der Waals surface area contributed by atoms with Crippen LogP contribution in [0.5, 0.6) is 0 Å². The SMILES string of the molecule is Cc1nc2ccc(NC(=O)c3cccnc3)cn2n1. The Morgan fingerprint density at radius 3 is 3.00 bits per heavy atom. The fraction of sp³-hybridized carbons (Fsp3) is 0.0769. The standard InChI is InChI=1S/C13H11N5O/c1-9-15-12-5-4-11(8-18(12)17-9)16-13(19)10-3-2-6-14-7-10/h2-8H,1H3,(H,16,19). The first-order chi connectivity index (χ1) is 9.22. The Morgan fingerprint density at radius 2 is 2.21 bits per heavy atom. The maximum atomic E-state index is 12.0. The summed E-state index contributed by atoms with van der Waals surface area (Å²) < 4.78 is 1.63. The maximum absolute atomic E-state index is 12.0. The summed E-state index contributed by atoms with van der Waals surface area (Å²) >= 11 is 0. The van der Waals surface area contributed by atoms with E-state index >= 15 is 0 Å². The highest BCUT2D eigenvalue weighted by atomic mass is 16.1. The van der Waals surface area contributed by atoms with E-state index < -0.39 is 0 Å². The van der Waals surface area contributed by atoms with E-state index in [-0.39, 0.29) is 5.91 Å². The second-order valence-electron chi connectivity index (χ2n) is 4.08. The van der Waals surface area contributed by atoms with E-state index in [1.165, 1.54) is 6.20 Å². The summed E-state index contributed by atoms with van der Waals surface area (Å²) in [6.45, 7) is 1.82. The summed E-state index contributed by atoms with van der Waals surface area (Å²) in [5.41, 5.74) is 1.92. The number of anilines is 1. The molecular weight excluding hydrogens is 242 g/mol. The average Bonchev–Trinajstić information content (AvgIpc) is 2.79. The van der Waals surface area contributed by atoms with Crippen molar-refractivity contribution in [3.8, 4) is 0 Å². The molecule has 0 saturated heterocycles. The van der Waals surface area contributed by atoms with E-state index in [4.69, 9.17) is 0 Å². The molecule has 0 unspecified atom stereocenters. The lowest BCUT2D eigenvalue weighted by Gasteiger charge is -2.04. The smallest absolute Gasteiger partial charge is 0.257 e. The van der Waals surface area contributed by atoms with Crippen LogP contribution in [0.25, 0.3) is 5.65 Å². The quantitative estimate of drug-likeness (QED) is 0.754. The number of carbonyl (C=O) groups is 1. The Hall–Kier alpha value is -2.76. The topological polar surface area (TPSA) is 72.2 Å². The van der Waals surface area contributed by atoms with Crippen LogP contribution in [-0.2, 0) is 0 Å². The van der Waals surface area contributed by atoms with Crippen molar-refractivity contribution in [1.29, 1.82) is 0 Å². The fourth-order valence-electron chi connectivity index (χ4n) is 1.77. The van der Waals surface area contributed by atoms with Gasteiger partial charge in [0.05, 0.1) is 17.4 Å². The number of nitrogens with zero attached hydrogens (tertiary/aromatic N) is 4. The van der Waals surface area contributed by atoms with Crippen LogP contribution in [0.1, 0.15) is 16.2 Å². The molecule has 0 fully saturated rings. The number of aryl methyl sites for hydroxylation is 1. The van der Waals surface area contributed by atoms with E-state index in [1.54, 1.807) is 41.2 Å². The molecule has 6 nitrogen and oxygen atoms in total. The molecule has 6 heteroatoms. The number of nitrogens with one attached hydrogen (secondary N) is 1. The third-order valence-corrected chi connectivity index (χ3v) is 2.62. The van der Waals surface area contributed by atoms with E-state index in [1.807, 2.05) is 6.92 Å². The molecule has 3 aromatic rings. The normalized spacial score (nSPS) is 10.6. The first-order valence-corrected chi connectivity index (χ1v) is 5.77. The van der Waals surface area contributed by atoms with Crippen molar-refractivity contribution in [3.05, 3.63) is 54.2 Å². The summed E-state index contributed by atoms with van der Waals surface area (Å²) in [5.74, 6) is 0.486. The van der Waals surface area contributed by atoms with Gasteiger partial charge >= 0.3 is 0 Å². The summed E-state index contributed by atoms with van der Waals surface area (Å²) in [6.07, 6.45) is 4.87. The van der Waals surface area contributed by atoms with Crippen molar-refractivity contribution in [2.45, 2.75) is 6.92 Å². The van der Waals surface area contributed by atoms with Crippen LogP contribution in [0.3, 0.4) is 0 Å². The number of amides is 1. The molecular formula is C13H11N5O. The predicted octanol–water partition coefficient (Wildman–Crippen LogP) is 1.69. The number of carbonyl (C=O) groups excluding carboxylic acids is 1. The molecule has 0 radical (unpaired) electrons. The van der Waals surface area contributed by atoms with Crippen LogP contribution in [-0.4, -0.2) is 25.5 Å². The van der Waals surface area contributed by atoms with Gasteiger partial charge in [0.2, 0.25) is 0 Å². The van der Waals surface area contributed by atoms with Crippen molar-refractivity contribution in [2.75, 3.05) is 5.32 Å². The molecule has 3 rings (SSSR count). The van der Waals surface area contributed by atoms with E-state index in [2.05, 4.69) is 20.4 Å². The summed E-state index contributed by atoms with van der Waals surface area (Å²) in [7, 11) is 0. The Labute approximate surface area is 109 Å². The van der Waals surface area contributed by atoms with Crippen LogP contribution >= 0.6 is 0 Å². The van der Waals surface area contributed by atoms with Gasteiger partial charge in [-0.1, -0.05) is 0 Å². The zero-order valence-electron chi connectivity index (χ0n) is 10.2. The van der Waals surface area contributed by atoms with Gasteiger partial charge in [0, 0.05) is 12.4 Å². The zero-order chi connectivity index (χ0) is 13.2. The highest BCUT2D eigenvalue weighted by molar-refractivity contribution is 6.03. The van der Waals surface area contributed by atoms with Crippen molar-refractivity contribution in [2.24, 2.45) is 0 Å². The minimum absolute atomic E-state index is 0.204. The summed E-state index contributed by atoms with van der Waals surface area (Å²) in [6, 6.07) is 7.02. The lowest BCUT2D eigenvalue weighted by molar-refractivity contribution is 0.102. The third-order valence-electron chi connectivity index (χ3n) is 2.62. The van der Waals surface area contributed by atoms with E-state index in [0.29, 0.717) is 17.1 Å². The first-order valence-electron chi connectivity index (χ1n) is 5.77. The van der Waals surface area contributed by atoms with Gasteiger partial charge in [0.1, 0.15) is 5.82 Å². The maximum Gasteiger partial charge on any atom is 0.257 e. The van der Waals surface area contributed by atoms with Gasteiger partial charge in [-0.15, -0.1) is 0 Å². The fourth-order valence-corrected chi connectivity index (χ4v) is 1.77. The molecule has 0 aliphatic rings. The van der Waals surface area contributed by atoms with Gasteiger partial charge in [-0.2, -0.15) is 5.10 Å². The van der Waals surface area contributed by atoms with Crippen LogP contribution in [0.4, 0.5) is 5.69 Å². The van der Waals surface area contributed by atoms with Gasteiger partial charge in [-0.25, -0.2) is 9.50 Å². The van der Waals surface area contributed by atoms with Crippen LogP contribution in [0, 0.1) is 6.92 Å². The molecule has 1 N–H and O–H groups in total. The molecule has 0 aliphatic heterocycles. The Morgan fingerprint density at radius 1 is 1.32 bits per heavy atom. The number of rotatable bonds is 2. The van der Waals surface area contributed by atoms with Crippen molar-refractivity contribution < 1.29 is 4.79 Å². The number of hydrogen-bond acceptors (Lipinski definition) is 4. The second kappa shape index (κ2) is 4.49. The summed E-state index contributed by atoms with van der Waals surface area (Å²) in [4.78, 5) is 20.1. The predicted molar refractivity (Wildman–Crippen MR) is 69.9 cm³/mol. The van der Waals surface area contributed by atoms with Gasteiger partial charge in [-0.3, -0.25) is 9.78 Å². The molecule has 1 amide bonds. The molecule has 3 heterocycles. The van der Waals surface area contributed by atoms with Crippen molar-refractivity contribution >= 4 is 17.2 Å². The molecule has 0 aromatic carbocycles. The molecule has 0 atom stereocenters. The Kier molecular flexibility index (Phi) is 2.68. The minimum Gasteiger partial charge on any atom is -0.321 e. The molecule has 0 spiro atoms. The molecule has 19 heavy (non-hydrogen) atoms. The summed E-state index contributed by atoms with van der Waals surface area (Å²) in [5, 5.41) is 6.99. The van der Waals surface area contributed by atoms with Gasteiger partial charge in [0.15, 0.2) is 5.65 Å². The highest BCUT2D eigenvalue weighted by Gasteiger charge is 2.07. The molecule has 0 aliphatic carbocycles. The Bertz CT molecular complexity index is 735. The Balaban J connectivity index is 1.87. The van der Waals surface area contributed by atoms with Gasteiger partial charge < -0.3 is 5.32 Å². The first kappa shape index (κ1) is 11.3. The number of pyridine rings is 2. The van der Waals surface area contributed by atoms with Crippen LogP contribution < -0.4 is 5.32 Å². The largest absolute Gasteiger partial charge is 0.321 e. The van der Waals surface area contributed by atoms with Crippen molar-refractivity contribution in [1.82, 2.24) is 19.6 Å². The lowest BCUT2D eigenvalue weighted by Crippen LogP contribution is -2.12. The number of aromatic nitrogens is 4. The van der Waals surface area contributed by atoms with Crippen molar-refractivity contribution in [3.63, 3.8) is 0 Å². The number of fused-ring (bicyclic) bond motifs is 1. The van der Waals surface area contributed by atoms with E-state index in [9.17, 15) is 4.79 Å². The number of hydrogen-bond donors (Lipinski definition) is 1. The van der Waals surface area contributed by atoms with Crippen LogP contribution in [0.15, 0.2) is 42.9 Å². The highest BCUT2D eigenvalue weighted by Crippen LogP contribution is 2.11. The second-order valence-corrected chi connectivity index (χ2v) is 4.08. The minimum atomic E-state index is -0.204. The monoisotopic (exact) mass is 253 g/mol. The van der Waals surface area contributed by atoms with Crippen LogP contribution in [0.2, 0.25) is 0 Å². The van der Waals surface area contributed by atoms with Gasteiger partial charge in [0.25, 0.3) is 5.91 Å². The molecule has 0 bridgehead atoms. The lowest BCUT2D eigenvalue weighted by atomic mass is 10.2. The average molecular weight is 253 g/mol. The third kappa shape index (κ3) is 2.28. The zero-order valence-corrected chi connectivity index (χ0v) is 10.2. The molecule has 0 saturated carbocycles. The van der Waals surface area contributed by atoms with E-state index in [0.717, 1.165) is 5.65 Å². The molecule has 94 valence electrons. The van der Waals surface area contributed by atoms with Gasteiger partial charge in [-0.05, 0) is 31.2 Å². The molecule has 3 aromatic heterocycles.